The number of Topliss-reactive ketones (excluding diaryl/α,β-unsaturated/α-hetero) is 1. The Hall–Kier alpha value is -2.11. The summed E-state index contributed by atoms with van der Waals surface area (Å²) in [6.07, 6.45) is 1.15. The third-order valence-corrected chi connectivity index (χ3v) is 4.46. The Balaban J connectivity index is 3.22. The smallest absolute Gasteiger partial charge is 0.355 e. The van der Waals surface area contributed by atoms with Crippen molar-refractivity contribution in [3.8, 4) is 0 Å². The van der Waals surface area contributed by atoms with Gasteiger partial charge in [-0.15, -0.1) is 0 Å². The molecule has 0 aliphatic heterocycles. The summed E-state index contributed by atoms with van der Waals surface area (Å²) in [6.45, 7) is 9.19. The van der Waals surface area contributed by atoms with Crippen LogP contribution >= 0.6 is 0 Å². The van der Waals surface area contributed by atoms with Crippen LogP contribution in [0, 0.1) is 13.8 Å². The summed E-state index contributed by atoms with van der Waals surface area (Å²) in [7, 11) is 3.38. The fraction of sp³-hybridized carbons (Fsp3) is 0.611. The lowest BCUT2D eigenvalue weighted by atomic mass is 10.00. The summed E-state index contributed by atoms with van der Waals surface area (Å²) in [5.74, 6) is -0.666. The molecule has 1 rings (SSSR count). The first kappa shape index (κ1) is 19.9. The third kappa shape index (κ3) is 3.68. The largest absolute Gasteiger partial charge is 0.461 e. The number of hydrogen-bond donors (Lipinski definition) is 0. The van der Waals surface area contributed by atoms with Gasteiger partial charge in [0.1, 0.15) is 5.69 Å². The maximum absolute atomic E-state index is 12.9. The van der Waals surface area contributed by atoms with Crippen LogP contribution in [0.3, 0.4) is 0 Å². The summed E-state index contributed by atoms with van der Waals surface area (Å²) in [6, 6.07) is -0.584. The van der Waals surface area contributed by atoms with E-state index in [0.717, 1.165) is 6.42 Å². The number of amides is 1. The highest BCUT2D eigenvalue weighted by Crippen LogP contribution is 2.24. The topological polar surface area (TPSA) is 68.6 Å². The summed E-state index contributed by atoms with van der Waals surface area (Å²) in [5.41, 5.74) is 2.17. The lowest BCUT2D eigenvalue weighted by Gasteiger charge is -2.24. The monoisotopic (exact) mass is 336 g/mol. The van der Waals surface area contributed by atoms with Gasteiger partial charge in [0.15, 0.2) is 5.78 Å². The summed E-state index contributed by atoms with van der Waals surface area (Å²) in [4.78, 5) is 38.6. The van der Waals surface area contributed by atoms with Crippen LogP contribution in [-0.4, -0.2) is 46.8 Å². The van der Waals surface area contributed by atoms with Gasteiger partial charge in [0, 0.05) is 31.8 Å². The van der Waals surface area contributed by atoms with Gasteiger partial charge < -0.3 is 14.2 Å². The molecular weight excluding hydrogens is 308 g/mol. The maximum atomic E-state index is 12.9. The molecule has 0 aliphatic rings. The Morgan fingerprint density at radius 1 is 1.21 bits per heavy atom. The predicted molar refractivity (Wildman–Crippen MR) is 92.3 cm³/mol. The lowest BCUT2D eigenvalue weighted by Crippen LogP contribution is -2.40. The zero-order chi connectivity index (χ0) is 18.6. The quantitative estimate of drug-likeness (QED) is 0.567. The molecule has 0 spiro atoms. The summed E-state index contributed by atoms with van der Waals surface area (Å²) >= 11 is 0. The average molecular weight is 336 g/mol. The number of carbonyl (C=O) groups is 3. The Bertz CT molecular complexity index is 646. The van der Waals surface area contributed by atoms with E-state index in [1.807, 2.05) is 6.92 Å². The Kier molecular flexibility index (Phi) is 6.75. The standard InChI is InChI=1S/C18H28N2O4/c1-8-10-14(21)19(6)13(5)17(22)15-11(3)16(18(23)24-9-2)20(7)12(15)4/h13H,8-10H2,1-7H3/t13-/m1/s1. The van der Waals surface area contributed by atoms with E-state index in [9.17, 15) is 14.4 Å². The molecular formula is C18H28N2O4. The summed E-state index contributed by atoms with van der Waals surface area (Å²) in [5, 5.41) is 0. The van der Waals surface area contributed by atoms with Gasteiger partial charge in [0.2, 0.25) is 5.91 Å². The van der Waals surface area contributed by atoms with Gasteiger partial charge >= 0.3 is 5.97 Å². The van der Waals surface area contributed by atoms with E-state index in [1.54, 1.807) is 46.4 Å². The molecule has 1 aromatic heterocycles. The van der Waals surface area contributed by atoms with Crippen LogP contribution in [0.25, 0.3) is 0 Å². The maximum Gasteiger partial charge on any atom is 0.355 e. The van der Waals surface area contributed by atoms with E-state index in [4.69, 9.17) is 4.74 Å². The first-order chi connectivity index (χ1) is 11.2. The van der Waals surface area contributed by atoms with Gasteiger partial charge in [-0.3, -0.25) is 9.59 Å². The van der Waals surface area contributed by atoms with Gasteiger partial charge in [0.05, 0.1) is 12.6 Å². The lowest BCUT2D eigenvalue weighted by molar-refractivity contribution is -0.131. The van der Waals surface area contributed by atoms with Gasteiger partial charge in [0.25, 0.3) is 0 Å². The molecule has 24 heavy (non-hydrogen) atoms. The summed E-state index contributed by atoms with van der Waals surface area (Å²) < 4.78 is 6.76. The Morgan fingerprint density at radius 2 is 1.79 bits per heavy atom. The van der Waals surface area contributed by atoms with Crippen molar-refractivity contribution >= 4 is 17.7 Å². The molecule has 134 valence electrons. The minimum Gasteiger partial charge on any atom is -0.461 e. The molecule has 1 amide bonds. The zero-order valence-corrected chi connectivity index (χ0v) is 15.7. The first-order valence-corrected chi connectivity index (χ1v) is 8.31. The van der Waals surface area contributed by atoms with Crippen LogP contribution in [0.5, 0.6) is 0 Å². The molecule has 6 nitrogen and oxygen atoms in total. The van der Waals surface area contributed by atoms with Gasteiger partial charge in [-0.05, 0) is 39.7 Å². The molecule has 1 atom stereocenters. The van der Waals surface area contributed by atoms with Crippen molar-refractivity contribution in [3.05, 3.63) is 22.5 Å². The molecule has 0 saturated carbocycles. The zero-order valence-electron chi connectivity index (χ0n) is 15.7. The van der Waals surface area contributed by atoms with Crippen molar-refractivity contribution < 1.29 is 19.1 Å². The molecule has 0 saturated heterocycles. The highest BCUT2D eigenvalue weighted by atomic mass is 16.5. The minimum atomic E-state index is -0.584. The van der Waals surface area contributed by atoms with Crippen molar-refractivity contribution in [3.63, 3.8) is 0 Å². The van der Waals surface area contributed by atoms with Crippen molar-refractivity contribution in [2.24, 2.45) is 7.05 Å². The fourth-order valence-electron chi connectivity index (χ4n) is 2.82. The van der Waals surface area contributed by atoms with Crippen LogP contribution in [0.1, 0.15) is 65.7 Å². The number of carbonyl (C=O) groups excluding carboxylic acids is 3. The minimum absolute atomic E-state index is 0.0600. The number of esters is 1. The van der Waals surface area contributed by atoms with E-state index >= 15 is 0 Å². The van der Waals surface area contributed by atoms with Crippen molar-refractivity contribution in [1.29, 1.82) is 0 Å². The van der Waals surface area contributed by atoms with Gasteiger partial charge in [-0.2, -0.15) is 0 Å². The van der Waals surface area contributed by atoms with Gasteiger partial charge in [-0.25, -0.2) is 4.79 Å². The number of ether oxygens (including phenoxy) is 1. The highest BCUT2D eigenvalue weighted by Gasteiger charge is 2.30. The predicted octanol–water partition coefficient (Wildman–Crippen LogP) is 2.65. The van der Waals surface area contributed by atoms with E-state index in [0.29, 0.717) is 28.9 Å². The molecule has 0 fully saturated rings. The first-order valence-electron chi connectivity index (χ1n) is 8.31. The number of likely N-dealkylation sites (N-methyl/N-ethyl adjacent to an activating group) is 1. The van der Waals surface area contributed by atoms with Crippen LogP contribution < -0.4 is 0 Å². The normalized spacial score (nSPS) is 12.0. The van der Waals surface area contributed by atoms with Crippen molar-refractivity contribution in [1.82, 2.24) is 9.47 Å². The highest BCUT2D eigenvalue weighted by molar-refractivity contribution is 6.06. The van der Waals surface area contributed by atoms with E-state index in [2.05, 4.69) is 0 Å². The van der Waals surface area contributed by atoms with Crippen molar-refractivity contribution in [2.45, 2.75) is 53.5 Å². The molecule has 0 aromatic carbocycles. The van der Waals surface area contributed by atoms with Crippen LogP contribution in [-0.2, 0) is 16.6 Å². The van der Waals surface area contributed by atoms with Crippen molar-refractivity contribution in [2.75, 3.05) is 13.7 Å². The third-order valence-electron chi connectivity index (χ3n) is 4.46. The van der Waals surface area contributed by atoms with Crippen LogP contribution in [0.4, 0.5) is 0 Å². The molecule has 1 heterocycles. The number of nitrogens with zero attached hydrogens (tertiary/aromatic N) is 2. The Morgan fingerprint density at radius 3 is 2.29 bits per heavy atom. The average Bonchev–Trinajstić information content (AvgIpc) is 2.75. The Labute approximate surface area is 143 Å². The molecule has 0 aliphatic carbocycles. The van der Waals surface area contributed by atoms with E-state index < -0.39 is 12.0 Å². The van der Waals surface area contributed by atoms with Crippen LogP contribution in [0.15, 0.2) is 0 Å². The van der Waals surface area contributed by atoms with E-state index in [-0.39, 0.29) is 18.3 Å². The molecule has 0 N–H and O–H groups in total. The number of rotatable bonds is 7. The second-order valence-electron chi connectivity index (χ2n) is 6.01. The molecule has 0 unspecified atom stereocenters. The SMILES string of the molecule is CCCC(=O)N(C)[C@H](C)C(=O)c1c(C)c(C(=O)OCC)n(C)c1C. The van der Waals surface area contributed by atoms with E-state index in [1.165, 1.54) is 4.90 Å². The molecule has 6 heteroatoms. The number of ketones is 1. The second kappa shape index (κ2) is 8.13. The second-order valence-corrected chi connectivity index (χ2v) is 6.01. The van der Waals surface area contributed by atoms with Gasteiger partial charge in [-0.1, -0.05) is 6.92 Å². The molecule has 1 aromatic rings. The number of aromatic nitrogens is 1. The molecule has 0 radical (unpaired) electrons. The molecule has 0 bridgehead atoms. The fourth-order valence-corrected chi connectivity index (χ4v) is 2.82. The van der Waals surface area contributed by atoms with Crippen LogP contribution in [0.2, 0.25) is 0 Å². The number of hydrogen-bond acceptors (Lipinski definition) is 4.